The van der Waals surface area contributed by atoms with Crippen LogP contribution in [0.25, 0.3) is 10.9 Å². The molecule has 0 atom stereocenters. The zero-order valence-electron chi connectivity index (χ0n) is 20.7. The molecule has 0 saturated carbocycles. The molecule has 1 aliphatic heterocycles. The number of hydrogen-bond acceptors (Lipinski definition) is 5. The highest BCUT2D eigenvalue weighted by Crippen LogP contribution is 2.22. The fraction of sp³-hybridized carbons (Fsp3) is 0.370. The number of para-hydroxylation sites is 1. The number of esters is 1. The second-order valence-corrected chi connectivity index (χ2v) is 9.27. The lowest BCUT2D eigenvalue weighted by Gasteiger charge is -2.34. The topological polar surface area (TPSA) is 94.7 Å². The molecular formula is C27H32N4O4. The van der Waals surface area contributed by atoms with Crippen LogP contribution in [0.2, 0.25) is 0 Å². The minimum atomic E-state index is -0.548. The Bertz CT molecular complexity index is 1250. The molecule has 0 bridgehead atoms. The van der Waals surface area contributed by atoms with Crippen molar-refractivity contribution in [2.24, 2.45) is 0 Å². The van der Waals surface area contributed by atoms with E-state index in [2.05, 4.69) is 16.4 Å². The number of fused-ring (bicyclic) bond motifs is 1. The molecular weight excluding hydrogens is 444 g/mol. The van der Waals surface area contributed by atoms with Crippen LogP contribution in [0.3, 0.4) is 0 Å². The van der Waals surface area contributed by atoms with Gasteiger partial charge in [-0.25, -0.2) is 4.79 Å². The minimum absolute atomic E-state index is 0.0696. The number of carbonyl (C=O) groups excluding carboxylic acids is 3. The van der Waals surface area contributed by atoms with Crippen molar-refractivity contribution in [3.8, 4) is 0 Å². The number of carbonyl (C=O) groups is 3. The maximum atomic E-state index is 12.6. The lowest BCUT2D eigenvalue weighted by molar-refractivity contribution is -0.136. The summed E-state index contributed by atoms with van der Waals surface area (Å²) in [5.74, 6) is -0.852. The van der Waals surface area contributed by atoms with Gasteiger partial charge in [-0.15, -0.1) is 0 Å². The zero-order valence-corrected chi connectivity index (χ0v) is 20.7. The summed E-state index contributed by atoms with van der Waals surface area (Å²) in [7, 11) is 0. The van der Waals surface area contributed by atoms with Gasteiger partial charge in [0.2, 0.25) is 5.91 Å². The van der Waals surface area contributed by atoms with Crippen molar-refractivity contribution in [2.45, 2.75) is 27.7 Å². The van der Waals surface area contributed by atoms with Gasteiger partial charge >= 0.3 is 5.97 Å². The molecule has 0 aliphatic carbocycles. The molecule has 8 nitrogen and oxygen atoms in total. The summed E-state index contributed by atoms with van der Waals surface area (Å²) >= 11 is 0. The van der Waals surface area contributed by atoms with Crippen LogP contribution in [-0.2, 0) is 14.3 Å². The fourth-order valence-electron chi connectivity index (χ4n) is 4.55. The van der Waals surface area contributed by atoms with Gasteiger partial charge in [-0.3, -0.25) is 14.5 Å². The lowest BCUT2D eigenvalue weighted by Crippen LogP contribution is -2.51. The van der Waals surface area contributed by atoms with E-state index in [1.165, 1.54) is 0 Å². The molecule has 2 amide bonds. The highest BCUT2D eigenvalue weighted by atomic mass is 16.5. The number of hydrogen-bond donors (Lipinski definition) is 2. The van der Waals surface area contributed by atoms with E-state index in [1.54, 1.807) is 11.0 Å². The molecule has 8 heteroatoms. The maximum Gasteiger partial charge on any atom is 0.355 e. The van der Waals surface area contributed by atoms with Crippen LogP contribution in [0.5, 0.6) is 0 Å². The standard InChI is InChI=1S/C27H32N4O4/c1-17-12-20(4)21-14-23(28-22(21)13-17)27(34)35-16-25(33)31-10-8-30(9-11-31)15-24(32)29-26-18(2)6-5-7-19(26)3/h5-7,12-14,28H,8-11,15-16H2,1-4H3,(H,29,32). The first-order valence-electron chi connectivity index (χ1n) is 11.8. The largest absolute Gasteiger partial charge is 0.451 e. The van der Waals surface area contributed by atoms with Crippen molar-refractivity contribution >= 4 is 34.4 Å². The highest BCUT2D eigenvalue weighted by molar-refractivity contribution is 5.97. The Balaban J connectivity index is 1.24. The smallest absolute Gasteiger partial charge is 0.355 e. The molecule has 0 unspecified atom stereocenters. The van der Waals surface area contributed by atoms with Gasteiger partial charge in [-0.1, -0.05) is 24.3 Å². The molecule has 1 fully saturated rings. The number of nitrogens with one attached hydrogen (secondary N) is 2. The first-order valence-corrected chi connectivity index (χ1v) is 11.8. The SMILES string of the molecule is Cc1cc(C)c2cc(C(=O)OCC(=O)N3CCN(CC(=O)Nc4c(C)cccc4C)CC3)[nH]c2c1. The Hall–Kier alpha value is -3.65. The maximum absolute atomic E-state index is 12.6. The van der Waals surface area contributed by atoms with Crippen molar-refractivity contribution in [3.05, 3.63) is 64.3 Å². The van der Waals surface area contributed by atoms with Crippen LogP contribution < -0.4 is 5.32 Å². The van der Waals surface area contributed by atoms with E-state index < -0.39 is 5.97 Å². The van der Waals surface area contributed by atoms with E-state index in [9.17, 15) is 14.4 Å². The number of aromatic nitrogens is 1. The molecule has 0 spiro atoms. The monoisotopic (exact) mass is 476 g/mol. The van der Waals surface area contributed by atoms with E-state index in [4.69, 9.17) is 4.74 Å². The second kappa shape index (κ2) is 10.3. The molecule has 2 aromatic carbocycles. The number of aromatic amines is 1. The van der Waals surface area contributed by atoms with Crippen molar-refractivity contribution < 1.29 is 19.1 Å². The van der Waals surface area contributed by atoms with Gasteiger partial charge in [0.15, 0.2) is 6.61 Å². The molecule has 184 valence electrons. The van der Waals surface area contributed by atoms with Gasteiger partial charge in [0.1, 0.15) is 5.69 Å². The van der Waals surface area contributed by atoms with Crippen LogP contribution in [0.15, 0.2) is 36.4 Å². The van der Waals surface area contributed by atoms with Gasteiger partial charge in [0.25, 0.3) is 5.91 Å². The lowest BCUT2D eigenvalue weighted by atomic mass is 10.1. The third kappa shape index (κ3) is 5.71. The van der Waals surface area contributed by atoms with Crippen molar-refractivity contribution in [2.75, 3.05) is 44.6 Å². The predicted molar refractivity (Wildman–Crippen MR) is 136 cm³/mol. The first kappa shape index (κ1) is 24.5. The van der Waals surface area contributed by atoms with Gasteiger partial charge in [0.05, 0.1) is 6.54 Å². The Morgan fingerprint density at radius 3 is 2.31 bits per heavy atom. The molecule has 3 aromatic rings. The number of piperazine rings is 1. The minimum Gasteiger partial charge on any atom is -0.451 e. The number of amides is 2. The summed E-state index contributed by atoms with van der Waals surface area (Å²) in [5, 5.41) is 3.97. The normalized spacial score (nSPS) is 14.2. The molecule has 1 aromatic heterocycles. The molecule has 1 saturated heterocycles. The Morgan fingerprint density at radius 1 is 0.943 bits per heavy atom. The summed E-state index contributed by atoms with van der Waals surface area (Å²) in [6, 6.07) is 11.7. The summed E-state index contributed by atoms with van der Waals surface area (Å²) in [6.07, 6.45) is 0. The average molecular weight is 477 g/mol. The van der Waals surface area contributed by atoms with Gasteiger partial charge in [-0.2, -0.15) is 0 Å². The first-order chi connectivity index (χ1) is 16.7. The fourth-order valence-corrected chi connectivity index (χ4v) is 4.55. The number of H-pyrrole nitrogens is 1. The molecule has 1 aliphatic rings. The molecule has 0 radical (unpaired) electrons. The second-order valence-electron chi connectivity index (χ2n) is 9.27. The van der Waals surface area contributed by atoms with Crippen molar-refractivity contribution in [3.63, 3.8) is 0 Å². The van der Waals surface area contributed by atoms with Gasteiger partial charge in [-0.05, 0) is 62.1 Å². The molecule has 4 rings (SSSR count). The number of benzene rings is 2. The summed E-state index contributed by atoms with van der Waals surface area (Å²) < 4.78 is 5.28. The number of nitrogens with zero attached hydrogens (tertiary/aromatic N) is 2. The van der Waals surface area contributed by atoms with Gasteiger partial charge < -0.3 is 19.9 Å². The van der Waals surface area contributed by atoms with E-state index in [-0.39, 0.29) is 25.0 Å². The third-order valence-electron chi connectivity index (χ3n) is 6.47. The van der Waals surface area contributed by atoms with E-state index in [0.717, 1.165) is 38.8 Å². The predicted octanol–water partition coefficient (Wildman–Crippen LogP) is 3.34. The summed E-state index contributed by atoms with van der Waals surface area (Å²) in [5.41, 5.74) is 6.30. The molecule has 35 heavy (non-hydrogen) atoms. The van der Waals surface area contributed by atoms with E-state index in [1.807, 2.05) is 56.9 Å². The van der Waals surface area contributed by atoms with Crippen LogP contribution >= 0.6 is 0 Å². The molecule has 2 N–H and O–H groups in total. The zero-order chi connectivity index (χ0) is 25.1. The van der Waals surface area contributed by atoms with Crippen LogP contribution in [-0.4, -0.2) is 71.9 Å². The Labute approximate surface area is 205 Å². The third-order valence-corrected chi connectivity index (χ3v) is 6.47. The number of ether oxygens (including phenoxy) is 1. The van der Waals surface area contributed by atoms with Crippen LogP contribution in [0, 0.1) is 27.7 Å². The van der Waals surface area contributed by atoms with Crippen molar-refractivity contribution in [1.82, 2.24) is 14.8 Å². The van der Waals surface area contributed by atoms with E-state index >= 15 is 0 Å². The van der Waals surface area contributed by atoms with Crippen LogP contribution in [0.1, 0.15) is 32.7 Å². The number of aryl methyl sites for hydroxylation is 4. The quantitative estimate of drug-likeness (QED) is 0.532. The highest BCUT2D eigenvalue weighted by Gasteiger charge is 2.24. The van der Waals surface area contributed by atoms with Crippen LogP contribution in [0.4, 0.5) is 5.69 Å². The average Bonchev–Trinajstić information content (AvgIpc) is 3.25. The Morgan fingerprint density at radius 2 is 1.63 bits per heavy atom. The number of anilines is 1. The summed E-state index contributed by atoms with van der Waals surface area (Å²) in [6.45, 7) is 10.0. The van der Waals surface area contributed by atoms with Crippen molar-refractivity contribution in [1.29, 1.82) is 0 Å². The molecule has 2 heterocycles. The Kier molecular flexibility index (Phi) is 7.21. The summed E-state index contributed by atoms with van der Waals surface area (Å²) in [4.78, 5) is 44.4. The number of rotatable bonds is 6. The van der Waals surface area contributed by atoms with E-state index in [0.29, 0.717) is 31.9 Å². The van der Waals surface area contributed by atoms with Gasteiger partial charge in [0, 0.05) is 42.8 Å².